The zero-order chi connectivity index (χ0) is 25.3. The molecule has 0 atom stereocenters. The van der Waals surface area contributed by atoms with E-state index in [-0.39, 0.29) is 76.5 Å². The van der Waals surface area contributed by atoms with Crippen LogP contribution in [0.5, 0.6) is 0 Å². The van der Waals surface area contributed by atoms with Crippen molar-refractivity contribution in [2.24, 2.45) is 23.7 Å². The summed E-state index contributed by atoms with van der Waals surface area (Å²) >= 11 is 0. The smallest absolute Gasteiger partial charge is 0.0493 e. The van der Waals surface area contributed by atoms with Gasteiger partial charge in [0.05, 0.1) is 0 Å². The van der Waals surface area contributed by atoms with Crippen LogP contribution in [0.1, 0.15) is 11.1 Å². The number of pyridine rings is 1. The van der Waals surface area contributed by atoms with Crippen LogP contribution in [0.25, 0.3) is 0 Å². The van der Waals surface area contributed by atoms with Crippen molar-refractivity contribution in [1.82, 2.24) is 14.8 Å². The van der Waals surface area contributed by atoms with Gasteiger partial charge in [-0.3, -0.25) is 14.8 Å². The molecule has 0 aliphatic heterocycles. The molecule has 0 radical (unpaired) electrons. The van der Waals surface area contributed by atoms with E-state index >= 15 is 0 Å². The highest BCUT2D eigenvalue weighted by atomic mass is 16.3. The van der Waals surface area contributed by atoms with E-state index < -0.39 is 0 Å². The summed E-state index contributed by atoms with van der Waals surface area (Å²) < 4.78 is 0. The monoisotopic (exact) mass is 489 g/mol. The molecule has 0 unspecified atom stereocenters. The molecule has 0 aromatic carbocycles. The van der Waals surface area contributed by atoms with Crippen molar-refractivity contribution in [2.45, 2.75) is 13.1 Å². The molecule has 1 heterocycles. The summed E-state index contributed by atoms with van der Waals surface area (Å²) in [6.07, 6.45) is 3.41. The Bertz CT molecular complexity index is 549. The van der Waals surface area contributed by atoms with Crippen LogP contribution in [-0.2, 0) is 13.1 Å². The van der Waals surface area contributed by atoms with Crippen LogP contribution < -0.4 is 0 Å². The van der Waals surface area contributed by atoms with Gasteiger partial charge in [0, 0.05) is 128 Å². The summed E-state index contributed by atoms with van der Waals surface area (Å²) in [4.78, 5) is 8.22. The molecule has 1 aromatic heterocycles. The van der Waals surface area contributed by atoms with Gasteiger partial charge in [-0.15, -0.1) is 0 Å². The second kappa shape index (κ2) is 18.1. The van der Waals surface area contributed by atoms with E-state index in [2.05, 4.69) is 4.98 Å². The summed E-state index contributed by atoms with van der Waals surface area (Å²) in [6.45, 7) is 0.904. The summed E-state index contributed by atoms with van der Waals surface area (Å²) in [6, 6.07) is 1.95. The largest absolute Gasteiger partial charge is 0.396 e. The molecule has 1 rings (SSSR count). The molecule has 0 saturated heterocycles. The van der Waals surface area contributed by atoms with Gasteiger partial charge in [-0.2, -0.15) is 0 Å². The van der Waals surface area contributed by atoms with Gasteiger partial charge in [-0.25, -0.2) is 0 Å². The van der Waals surface area contributed by atoms with E-state index in [1.807, 2.05) is 15.9 Å². The molecule has 0 aliphatic carbocycles. The van der Waals surface area contributed by atoms with Gasteiger partial charge in [0.2, 0.25) is 0 Å². The fraction of sp³-hybridized carbons (Fsp3) is 0.783. The first-order valence-electron chi connectivity index (χ1n) is 11.7. The number of aliphatic hydroxyl groups excluding tert-OH is 8. The number of hydrogen-bond acceptors (Lipinski definition) is 11. The fourth-order valence-electron chi connectivity index (χ4n) is 3.79. The van der Waals surface area contributed by atoms with E-state index in [0.29, 0.717) is 39.3 Å². The molecular formula is C23H43N3O8. The molecule has 0 aliphatic rings. The average molecular weight is 490 g/mol. The third-order valence-electron chi connectivity index (χ3n) is 5.80. The van der Waals surface area contributed by atoms with Gasteiger partial charge in [0.15, 0.2) is 0 Å². The predicted octanol–water partition coefficient (Wildman–Crippen LogP) is -2.91. The topological polar surface area (TPSA) is 181 Å². The van der Waals surface area contributed by atoms with Crippen molar-refractivity contribution < 1.29 is 40.9 Å². The highest BCUT2D eigenvalue weighted by Gasteiger charge is 2.20. The maximum atomic E-state index is 9.48. The van der Waals surface area contributed by atoms with E-state index in [1.165, 1.54) is 0 Å². The Hall–Kier alpha value is -1.25. The summed E-state index contributed by atoms with van der Waals surface area (Å²) in [5.41, 5.74) is 1.73. The maximum Gasteiger partial charge on any atom is 0.0493 e. The van der Waals surface area contributed by atoms with E-state index in [0.717, 1.165) is 11.1 Å². The first kappa shape index (κ1) is 30.8. The Balaban J connectivity index is 3.00. The van der Waals surface area contributed by atoms with Gasteiger partial charge < -0.3 is 40.9 Å². The molecule has 0 spiro atoms. The van der Waals surface area contributed by atoms with Crippen LogP contribution >= 0.6 is 0 Å². The first-order valence-corrected chi connectivity index (χ1v) is 11.7. The molecule has 0 fully saturated rings. The first-order chi connectivity index (χ1) is 16.5. The van der Waals surface area contributed by atoms with Crippen molar-refractivity contribution in [3.05, 3.63) is 29.6 Å². The quantitative estimate of drug-likeness (QED) is 0.0940. The molecule has 8 N–H and O–H groups in total. The van der Waals surface area contributed by atoms with Crippen LogP contribution in [0.3, 0.4) is 0 Å². The Morgan fingerprint density at radius 1 is 0.500 bits per heavy atom. The van der Waals surface area contributed by atoms with Crippen LogP contribution in [-0.4, -0.2) is 135 Å². The second-order valence-corrected chi connectivity index (χ2v) is 9.01. The number of hydrogen-bond donors (Lipinski definition) is 8. The number of rotatable bonds is 20. The zero-order valence-electron chi connectivity index (χ0n) is 19.9. The van der Waals surface area contributed by atoms with Gasteiger partial charge >= 0.3 is 0 Å². The Morgan fingerprint density at radius 2 is 0.765 bits per heavy atom. The average Bonchev–Trinajstić information content (AvgIpc) is 2.87. The summed E-state index contributed by atoms with van der Waals surface area (Å²) in [5, 5.41) is 75.9. The minimum Gasteiger partial charge on any atom is -0.396 e. The summed E-state index contributed by atoms with van der Waals surface area (Å²) in [5.74, 6) is -1.42. The minimum atomic E-state index is -0.354. The van der Waals surface area contributed by atoms with Crippen LogP contribution in [0, 0.1) is 23.7 Å². The molecule has 1 aromatic rings. The SMILES string of the molecule is OCC(CO)CN(Cc1cncc(CN(CC(CO)CO)CC(CO)CO)c1)CC(CO)CO. The van der Waals surface area contributed by atoms with Gasteiger partial charge in [-0.1, -0.05) is 6.07 Å². The molecule has 0 bridgehead atoms. The predicted molar refractivity (Wildman–Crippen MR) is 125 cm³/mol. The molecular weight excluding hydrogens is 446 g/mol. The third-order valence-corrected chi connectivity index (χ3v) is 5.80. The standard InChI is InChI=1S/C23H43N3O8/c27-10-20(11-28)6-25(7-21(12-29)13-30)4-18-1-19(3-24-2-18)5-26(8-22(14-31)15-32)9-23(16-33)17-34/h1-3,20-23,27-34H,4-17H2. The number of aliphatic hydroxyl groups is 8. The van der Waals surface area contributed by atoms with Crippen molar-refractivity contribution in [3.63, 3.8) is 0 Å². The zero-order valence-corrected chi connectivity index (χ0v) is 19.9. The highest BCUT2D eigenvalue weighted by Crippen LogP contribution is 2.15. The lowest BCUT2D eigenvalue weighted by Crippen LogP contribution is -2.38. The Kier molecular flexibility index (Phi) is 16.4. The third kappa shape index (κ3) is 11.5. The molecule has 11 nitrogen and oxygen atoms in total. The van der Waals surface area contributed by atoms with Gasteiger partial charge in [0.25, 0.3) is 0 Å². The molecule has 11 heteroatoms. The molecule has 34 heavy (non-hydrogen) atoms. The van der Waals surface area contributed by atoms with Crippen molar-refractivity contribution in [2.75, 3.05) is 79.0 Å². The van der Waals surface area contributed by atoms with E-state index in [4.69, 9.17) is 0 Å². The lowest BCUT2D eigenvalue weighted by molar-refractivity contribution is 0.0714. The number of nitrogens with zero attached hydrogens (tertiary/aromatic N) is 3. The normalized spacial score (nSPS) is 12.4. The van der Waals surface area contributed by atoms with Gasteiger partial charge in [-0.05, 0) is 11.1 Å². The lowest BCUT2D eigenvalue weighted by Gasteiger charge is -2.30. The number of aromatic nitrogens is 1. The molecule has 0 saturated carbocycles. The van der Waals surface area contributed by atoms with Gasteiger partial charge in [0.1, 0.15) is 0 Å². The summed E-state index contributed by atoms with van der Waals surface area (Å²) in [7, 11) is 0. The molecule has 198 valence electrons. The minimum absolute atomic E-state index is 0.184. The second-order valence-electron chi connectivity index (χ2n) is 9.01. The van der Waals surface area contributed by atoms with Crippen molar-refractivity contribution in [1.29, 1.82) is 0 Å². The van der Waals surface area contributed by atoms with Crippen LogP contribution in [0.2, 0.25) is 0 Å². The lowest BCUT2D eigenvalue weighted by atomic mass is 10.1. The van der Waals surface area contributed by atoms with E-state index in [9.17, 15) is 40.9 Å². The maximum absolute atomic E-state index is 9.48. The highest BCUT2D eigenvalue weighted by molar-refractivity contribution is 5.18. The van der Waals surface area contributed by atoms with Crippen molar-refractivity contribution >= 4 is 0 Å². The van der Waals surface area contributed by atoms with E-state index in [1.54, 1.807) is 12.4 Å². The fourth-order valence-corrected chi connectivity index (χ4v) is 3.79. The van der Waals surface area contributed by atoms with Crippen molar-refractivity contribution in [3.8, 4) is 0 Å². The Morgan fingerprint density at radius 3 is 1.00 bits per heavy atom. The molecule has 0 amide bonds. The van der Waals surface area contributed by atoms with Crippen LogP contribution in [0.15, 0.2) is 18.5 Å². The Labute approximate surface area is 201 Å². The van der Waals surface area contributed by atoms with Crippen LogP contribution in [0.4, 0.5) is 0 Å².